The third-order valence-corrected chi connectivity index (χ3v) is 5.06. The zero-order chi connectivity index (χ0) is 20.4. The number of amides is 1. The van der Waals surface area contributed by atoms with Gasteiger partial charge in [-0.05, 0) is 48.0 Å². The molecule has 8 heteroatoms. The van der Waals surface area contributed by atoms with Gasteiger partial charge < -0.3 is 9.73 Å². The van der Waals surface area contributed by atoms with E-state index in [1.165, 1.54) is 23.2 Å². The lowest BCUT2D eigenvalue weighted by atomic mass is 10.0. The van der Waals surface area contributed by atoms with Crippen molar-refractivity contribution < 1.29 is 13.6 Å². The fourth-order valence-electron chi connectivity index (χ4n) is 3.14. The Balaban J connectivity index is 1.56. The first-order valence-electron chi connectivity index (χ1n) is 8.89. The molecule has 0 spiro atoms. The van der Waals surface area contributed by atoms with Gasteiger partial charge in [-0.15, -0.1) is 0 Å². The summed E-state index contributed by atoms with van der Waals surface area (Å²) in [6.07, 6.45) is 2.05. The Morgan fingerprint density at radius 1 is 1.17 bits per heavy atom. The maximum Gasteiger partial charge on any atom is 0.262 e. The molecule has 4 rings (SSSR count). The predicted molar refractivity (Wildman–Crippen MR) is 111 cm³/mol. The third kappa shape index (κ3) is 4.28. The van der Waals surface area contributed by atoms with Crippen molar-refractivity contribution in [2.24, 2.45) is 5.10 Å². The molecule has 2 aromatic carbocycles. The number of hydrogen-bond acceptors (Lipinski definition) is 4. The summed E-state index contributed by atoms with van der Waals surface area (Å²) in [6, 6.07) is 14.6. The van der Waals surface area contributed by atoms with Gasteiger partial charge in [0.25, 0.3) is 5.91 Å². The molecule has 0 fully saturated rings. The maximum atomic E-state index is 13.9. The molecule has 0 bridgehead atoms. The molecule has 0 aliphatic carbocycles. The number of nitrogens with zero attached hydrogens (tertiary/aromatic N) is 2. The molecule has 1 N–H and O–H groups in total. The topological polar surface area (TPSA) is 57.8 Å². The van der Waals surface area contributed by atoms with Crippen LogP contribution in [0.15, 0.2) is 70.4 Å². The van der Waals surface area contributed by atoms with Crippen LogP contribution in [-0.2, 0) is 4.79 Å². The van der Waals surface area contributed by atoms with E-state index < -0.39 is 5.82 Å². The van der Waals surface area contributed by atoms with Crippen LogP contribution in [0.5, 0.6) is 0 Å². The van der Waals surface area contributed by atoms with Crippen LogP contribution in [0.25, 0.3) is 0 Å². The summed E-state index contributed by atoms with van der Waals surface area (Å²) in [4.78, 5) is 12.9. The van der Waals surface area contributed by atoms with Crippen LogP contribution < -0.4 is 5.32 Å². The average Bonchev–Trinajstić information content (AvgIpc) is 3.38. The number of halogens is 3. The zero-order valence-corrected chi connectivity index (χ0v) is 16.6. The number of anilines is 1. The van der Waals surface area contributed by atoms with Crippen molar-refractivity contribution in [3.8, 4) is 0 Å². The van der Waals surface area contributed by atoms with Gasteiger partial charge in [0.2, 0.25) is 0 Å². The van der Waals surface area contributed by atoms with E-state index in [2.05, 4.69) is 10.4 Å². The Morgan fingerprint density at radius 2 is 1.93 bits per heavy atom. The molecule has 148 valence electrons. The van der Waals surface area contributed by atoms with Crippen LogP contribution in [0.2, 0.25) is 10.0 Å². The highest BCUT2D eigenvalue weighted by molar-refractivity contribution is 6.31. The monoisotopic (exact) mass is 431 g/mol. The molecule has 1 aromatic heterocycles. The quantitative estimate of drug-likeness (QED) is 0.578. The van der Waals surface area contributed by atoms with E-state index in [4.69, 9.17) is 27.6 Å². The van der Waals surface area contributed by atoms with Crippen LogP contribution in [0, 0.1) is 5.82 Å². The molecule has 1 aliphatic heterocycles. The summed E-state index contributed by atoms with van der Waals surface area (Å²) in [6.45, 7) is -0.147. The number of carbonyl (C=O) groups excluding carboxylic acids is 1. The molecule has 1 amide bonds. The highest BCUT2D eigenvalue weighted by Gasteiger charge is 2.34. The fraction of sp³-hybridized carbons (Fsp3) is 0.143. The lowest BCUT2D eigenvalue weighted by Crippen LogP contribution is -2.32. The molecule has 1 aliphatic rings. The molecule has 0 radical (unpaired) electrons. The number of nitrogens with one attached hydrogen (secondary N) is 1. The van der Waals surface area contributed by atoms with E-state index >= 15 is 0 Å². The van der Waals surface area contributed by atoms with E-state index in [9.17, 15) is 9.18 Å². The van der Waals surface area contributed by atoms with E-state index in [1.54, 1.807) is 30.5 Å². The summed E-state index contributed by atoms with van der Waals surface area (Å²) in [5.74, 6) is -0.189. The van der Waals surface area contributed by atoms with Crippen LogP contribution in [0.1, 0.15) is 23.8 Å². The average molecular weight is 432 g/mol. The molecular weight excluding hydrogens is 416 g/mol. The Hall–Kier alpha value is -2.83. The van der Waals surface area contributed by atoms with Crippen molar-refractivity contribution in [3.05, 3.63) is 88.0 Å². The summed E-state index contributed by atoms with van der Waals surface area (Å²) < 4.78 is 19.4. The highest BCUT2D eigenvalue weighted by atomic mass is 35.5. The Kier molecular flexibility index (Phi) is 5.56. The van der Waals surface area contributed by atoms with E-state index in [-0.39, 0.29) is 24.2 Å². The highest BCUT2D eigenvalue weighted by Crippen LogP contribution is 2.33. The van der Waals surface area contributed by atoms with Crippen molar-refractivity contribution in [2.45, 2.75) is 12.5 Å². The number of hydrogen-bond donors (Lipinski definition) is 1. The summed E-state index contributed by atoms with van der Waals surface area (Å²) in [7, 11) is 0. The van der Waals surface area contributed by atoms with E-state index in [0.29, 0.717) is 22.2 Å². The van der Waals surface area contributed by atoms with E-state index in [0.717, 1.165) is 11.3 Å². The van der Waals surface area contributed by atoms with Crippen molar-refractivity contribution in [2.75, 3.05) is 11.9 Å². The number of carbonyl (C=O) groups is 1. The predicted octanol–water partition coefficient (Wildman–Crippen LogP) is 5.52. The number of benzene rings is 2. The number of furan rings is 1. The molecule has 5 nitrogen and oxygen atoms in total. The lowest BCUT2D eigenvalue weighted by Gasteiger charge is -2.20. The van der Waals surface area contributed by atoms with Crippen molar-refractivity contribution in [3.63, 3.8) is 0 Å². The molecule has 29 heavy (non-hydrogen) atoms. The van der Waals surface area contributed by atoms with Gasteiger partial charge in [-0.25, -0.2) is 9.40 Å². The SMILES string of the molecule is O=C(CNc1cc(Cl)ccc1F)N1N=C(c2ccc(Cl)cc2)CC1c1ccco1. The smallest absolute Gasteiger partial charge is 0.262 e. The molecule has 1 unspecified atom stereocenters. The first-order chi connectivity index (χ1) is 14.0. The van der Waals surface area contributed by atoms with Gasteiger partial charge >= 0.3 is 0 Å². The van der Waals surface area contributed by atoms with Crippen LogP contribution in [0.4, 0.5) is 10.1 Å². The molecule has 1 atom stereocenters. The molecule has 3 aromatic rings. The second kappa shape index (κ2) is 8.27. The summed E-state index contributed by atoms with van der Waals surface area (Å²) >= 11 is 11.9. The Labute approximate surface area is 176 Å². The third-order valence-electron chi connectivity index (χ3n) is 4.57. The Bertz CT molecular complexity index is 1050. The summed E-state index contributed by atoms with van der Waals surface area (Å²) in [5.41, 5.74) is 1.77. The minimum Gasteiger partial charge on any atom is -0.467 e. The van der Waals surface area contributed by atoms with E-state index in [1.807, 2.05) is 12.1 Å². The van der Waals surface area contributed by atoms with Gasteiger partial charge in [-0.3, -0.25) is 4.79 Å². The fourth-order valence-corrected chi connectivity index (χ4v) is 3.44. The molecule has 0 saturated heterocycles. The Morgan fingerprint density at radius 3 is 2.66 bits per heavy atom. The van der Waals surface area contributed by atoms with Gasteiger partial charge in [-0.2, -0.15) is 5.10 Å². The van der Waals surface area contributed by atoms with Crippen molar-refractivity contribution >= 4 is 40.5 Å². The lowest BCUT2D eigenvalue weighted by molar-refractivity contribution is -0.131. The largest absolute Gasteiger partial charge is 0.467 e. The number of hydrazone groups is 1. The van der Waals surface area contributed by atoms with Crippen LogP contribution >= 0.6 is 23.2 Å². The van der Waals surface area contributed by atoms with Crippen molar-refractivity contribution in [1.29, 1.82) is 0 Å². The van der Waals surface area contributed by atoms with Crippen LogP contribution in [-0.4, -0.2) is 23.2 Å². The molecular formula is C21H16Cl2FN3O2. The van der Waals surface area contributed by atoms with Crippen LogP contribution in [0.3, 0.4) is 0 Å². The normalized spacial score (nSPS) is 16.0. The van der Waals surface area contributed by atoms with Gasteiger partial charge in [-0.1, -0.05) is 35.3 Å². The molecule has 0 saturated carbocycles. The molecule has 2 heterocycles. The van der Waals surface area contributed by atoms with Gasteiger partial charge in [0.15, 0.2) is 0 Å². The second-order valence-electron chi connectivity index (χ2n) is 6.50. The second-order valence-corrected chi connectivity index (χ2v) is 7.38. The summed E-state index contributed by atoms with van der Waals surface area (Å²) in [5, 5.41) is 9.67. The first kappa shape index (κ1) is 19.5. The first-order valence-corrected chi connectivity index (χ1v) is 9.64. The number of rotatable bonds is 5. The minimum atomic E-state index is -0.489. The minimum absolute atomic E-state index is 0.147. The van der Waals surface area contributed by atoms with Gasteiger partial charge in [0.05, 0.1) is 24.2 Å². The van der Waals surface area contributed by atoms with Gasteiger partial charge in [0.1, 0.15) is 17.6 Å². The maximum absolute atomic E-state index is 13.9. The zero-order valence-electron chi connectivity index (χ0n) is 15.1. The van der Waals surface area contributed by atoms with Crippen molar-refractivity contribution in [1.82, 2.24) is 5.01 Å². The van der Waals surface area contributed by atoms with Gasteiger partial charge in [0, 0.05) is 16.5 Å². The standard InChI is InChI=1S/C21H16Cl2FN3O2/c22-14-5-3-13(4-6-14)17-11-19(20-2-1-9-29-20)27(26-17)21(28)12-25-18-10-15(23)7-8-16(18)24/h1-10,19,25H,11-12H2.